The first-order valence-corrected chi connectivity index (χ1v) is 5.93. The molecule has 1 aliphatic rings. The van der Waals surface area contributed by atoms with E-state index in [0.717, 1.165) is 12.8 Å². The van der Waals surface area contributed by atoms with Crippen LogP contribution < -0.4 is 10.6 Å². The van der Waals surface area contributed by atoms with Crippen molar-refractivity contribution in [2.24, 2.45) is 0 Å². The van der Waals surface area contributed by atoms with Gasteiger partial charge >= 0.3 is 6.03 Å². The summed E-state index contributed by atoms with van der Waals surface area (Å²) in [6, 6.07) is 8.79. The van der Waals surface area contributed by atoms with Gasteiger partial charge in [0.25, 0.3) is 0 Å². The fourth-order valence-electron chi connectivity index (χ4n) is 1.86. The maximum atomic E-state index is 11.7. The second-order valence-corrected chi connectivity index (χ2v) is 4.18. The number of benzene rings is 1. The van der Waals surface area contributed by atoms with E-state index >= 15 is 0 Å². The molecule has 1 fully saturated rings. The molecule has 5 nitrogen and oxygen atoms in total. The number of hydrogen-bond acceptors (Lipinski definition) is 3. The number of nitrogens with zero attached hydrogens (tertiary/aromatic N) is 1. The van der Waals surface area contributed by atoms with Gasteiger partial charge in [-0.15, -0.1) is 0 Å². The van der Waals surface area contributed by atoms with E-state index < -0.39 is 0 Å². The molecular formula is C13H15N3O2. The van der Waals surface area contributed by atoms with Crippen molar-refractivity contribution >= 4 is 11.7 Å². The normalized spacial score (nSPS) is 15.7. The third-order valence-corrected chi connectivity index (χ3v) is 2.81. The van der Waals surface area contributed by atoms with E-state index in [0.29, 0.717) is 24.5 Å². The maximum absolute atomic E-state index is 11.7. The summed E-state index contributed by atoms with van der Waals surface area (Å²) in [5.74, 6) is 0. The third-order valence-electron chi connectivity index (χ3n) is 2.81. The van der Waals surface area contributed by atoms with Crippen LogP contribution in [-0.2, 0) is 4.74 Å². The molecule has 0 bridgehead atoms. The van der Waals surface area contributed by atoms with Crippen molar-refractivity contribution in [2.75, 3.05) is 18.5 Å². The topological polar surface area (TPSA) is 74.2 Å². The number of hydrogen-bond donors (Lipinski definition) is 2. The number of amides is 2. The summed E-state index contributed by atoms with van der Waals surface area (Å²) in [5.41, 5.74) is 1.15. The summed E-state index contributed by atoms with van der Waals surface area (Å²) >= 11 is 0. The lowest BCUT2D eigenvalue weighted by molar-refractivity contribution is 0.0806. The Hall–Kier alpha value is -2.06. The highest BCUT2D eigenvalue weighted by atomic mass is 16.5. The Bertz CT molecular complexity index is 462. The van der Waals surface area contributed by atoms with Crippen LogP contribution in [0.5, 0.6) is 0 Å². The Labute approximate surface area is 106 Å². The predicted molar refractivity (Wildman–Crippen MR) is 67.2 cm³/mol. The first kappa shape index (κ1) is 12.4. The molecular weight excluding hydrogens is 230 g/mol. The Morgan fingerprint density at radius 3 is 2.89 bits per heavy atom. The molecule has 1 saturated heterocycles. The Kier molecular flexibility index (Phi) is 4.15. The molecule has 0 atom stereocenters. The van der Waals surface area contributed by atoms with Gasteiger partial charge in [0, 0.05) is 24.9 Å². The van der Waals surface area contributed by atoms with Crippen LogP contribution >= 0.6 is 0 Å². The summed E-state index contributed by atoms with van der Waals surface area (Å²) in [7, 11) is 0. The fourth-order valence-corrected chi connectivity index (χ4v) is 1.86. The molecule has 2 N–H and O–H groups in total. The molecule has 0 unspecified atom stereocenters. The molecule has 0 spiro atoms. The zero-order valence-corrected chi connectivity index (χ0v) is 9.98. The van der Waals surface area contributed by atoms with Crippen molar-refractivity contribution in [1.29, 1.82) is 5.26 Å². The largest absolute Gasteiger partial charge is 0.381 e. The summed E-state index contributed by atoms with van der Waals surface area (Å²) in [5, 5.41) is 14.4. The molecule has 0 aromatic heterocycles. The predicted octanol–water partition coefficient (Wildman–Crippen LogP) is 1.86. The van der Waals surface area contributed by atoms with E-state index in [1.54, 1.807) is 24.3 Å². The lowest BCUT2D eigenvalue weighted by atomic mass is 10.1. The summed E-state index contributed by atoms with van der Waals surface area (Å²) < 4.78 is 5.22. The first-order valence-electron chi connectivity index (χ1n) is 5.93. The van der Waals surface area contributed by atoms with Crippen LogP contribution in [0.2, 0.25) is 0 Å². The Balaban J connectivity index is 1.88. The number of urea groups is 1. The lowest BCUT2D eigenvalue weighted by Gasteiger charge is -2.23. The molecule has 5 heteroatoms. The summed E-state index contributed by atoms with van der Waals surface area (Å²) in [4.78, 5) is 11.7. The van der Waals surface area contributed by atoms with Gasteiger partial charge in [0.05, 0.1) is 11.6 Å². The van der Waals surface area contributed by atoms with Gasteiger partial charge in [0.1, 0.15) is 0 Å². The second kappa shape index (κ2) is 6.03. The van der Waals surface area contributed by atoms with E-state index in [1.165, 1.54) is 0 Å². The number of ether oxygens (including phenoxy) is 1. The van der Waals surface area contributed by atoms with Crippen molar-refractivity contribution in [3.8, 4) is 6.07 Å². The minimum absolute atomic E-state index is 0.165. The van der Waals surface area contributed by atoms with Gasteiger partial charge in [-0.05, 0) is 31.0 Å². The molecule has 94 valence electrons. The van der Waals surface area contributed by atoms with Crippen LogP contribution in [0.15, 0.2) is 24.3 Å². The molecule has 2 amide bonds. The van der Waals surface area contributed by atoms with Gasteiger partial charge < -0.3 is 15.4 Å². The minimum Gasteiger partial charge on any atom is -0.381 e. The van der Waals surface area contributed by atoms with Gasteiger partial charge in [-0.25, -0.2) is 4.79 Å². The number of carbonyl (C=O) groups excluding carboxylic acids is 1. The van der Waals surface area contributed by atoms with Crippen molar-refractivity contribution < 1.29 is 9.53 Å². The van der Waals surface area contributed by atoms with Gasteiger partial charge in [-0.3, -0.25) is 0 Å². The number of rotatable bonds is 2. The van der Waals surface area contributed by atoms with Crippen LogP contribution in [0.3, 0.4) is 0 Å². The molecule has 1 aliphatic heterocycles. The quantitative estimate of drug-likeness (QED) is 0.835. The molecule has 18 heavy (non-hydrogen) atoms. The van der Waals surface area contributed by atoms with E-state index in [2.05, 4.69) is 10.6 Å². The van der Waals surface area contributed by atoms with Gasteiger partial charge in [-0.1, -0.05) is 6.07 Å². The lowest BCUT2D eigenvalue weighted by Crippen LogP contribution is -2.41. The number of nitrogens with one attached hydrogen (secondary N) is 2. The van der Waals surface area contributed by atoms with E-state index in [4.69, 9.17) is 10.00 Å². The number of nitriles is 1. The average Bonchev–Trinajstić information content (AvgIpc) is 2.40. The maximum Gasteiger partial charge on any atom is 0.319 e. The highest BCUT2D eigenvalue weighted by Crippen LogP contribution is 2.10. The van der Waals surface area contributed by atoms with Crippen molar-refractivity contribution in [1.82, 2.24) is 5.32 Å². The molecule has 1 heterocycles. The standard InChI is InChI=1S/C13H15N3O2/c14-9-10-2-1-3-12(8-10)16-13(17)15-11-4-6-18-7-5-11/h1-3,8,11H,4-7H2,(H2,15,16,17). The number of carbonyl (C=O) groups is 1. The van der Waals surface area contributed by atoms with Crippen molar-refractivity contribution in [3.63, 3.8) is 0 Å². The molecule has 1 aromatic rings. The smallest absolute Gasteiger partial charge is 0.319 e. The van der Waals surface area contributed by atoms with Crippen molar-refractivity contribution in [2.45, 2.75) is 18.9 Å². The molecule has 0 radical (unpaired) electrons. The first-order chi connectivity index (χ1) is 8.78. The SMILES string of the molecule is N#Cc1cccc(NC(=O)NC2CCOCC2)c1. The van der Waals surface area contributed by atoms with E-state index in [1.807, 2.05) is 6.07 Å². The van der Waals surface area contributed by atoms with Crippen LogP contribution in [0, 0.1) is 11.3 Å². The van der Waals surface area contributed by atoms with Crippen LogP contribution in [-0.4, -0.2) is 25.3 Å². The van der Waals surface area contributed by atoms with Crippen LogP contribution in [0.1, 0.15) is 18.4 Å². The zero-order valence-electron chi connectivity index (χ0n) is 9.98. The zero-order chi connectivity index (χ0) is 12.8. The summed E-state index contributed by atoms with van der Waals surface area (Å²) in [6.45, 7) is 1.38. The van der Waals surface area contributed by atoms with E-state index in [-0.39, 0.29) is 12.1 Å². The Morgan fingerprint density at radius 2 is 2.17 bits per heavy atom. The van der Waals surface area contributed by atoms with Gasteiger partial charge in [-0.2, -0.15) is 5.26 Å². The van der Waals surface area contributed by atoms with E-state index in [9.17, 15) is 4.79 Å². The molecule has 2 rings (SSSR count). The second-order valence-electron chi connectivity index (χ2n) is 4.18. The van der Waals surface area contributed by atoms with Gasteiger partial charge in [0.2, 0.25) is 0 Å². The highest BCUT2D eigenvalue weighted by molar-refractivity contribution is 5.89. The monoisotopic (exact) mass is 245 g/mol. The minimum atomic E-state index is -0.239. The molecule has 0 aliphatic carbocycles. The average molecular weight is 245 g/mol. The highest BCUT2D eigenvalue weighted by Gasteiger charge is 2.15. The fraction of sp³-hybridized carbons (Fsp3) is 0.385. The third kappa shape index (κ3) is 3.47. The van der Waals surface area contributed by atoms with Crippen molar-refractivity contribution in [3.05, 3.63) is 29.8 Å². The molecule has 1 aromatic carbocycles. The number of anilines is 1. The van der Waals surface area contributed by atoms with Gasteiger partial charge in [0.15, 0.2) is 0 Å². The Morgan fingerprint density at radius 1 is 1.39 bits per heavy atom. The summed E-state index contributed by atoms with van der Waals surface area (Å²) in [6.07, 6.45) is 1.68. The van der Waals surface area contributed by atoms with Crippen LogP contribution in [0.4, 0.5) is 10.5 Å². The van der Waals surface area contributed by atoms with Crippen LogP contribution in [0.25, 0.3) is 0 Å². The molecule has 0 saturated carbocycles.